The number of halogens is 3. The van der Waals surface area contributed by atoms with Crippen LogP contribution in [0.5, 0.6) is 0 Å². The Morgan fingerprint density at radius 3 is 2.82 bits per heavy atom. The fourth-order valence-electron chi connectivity index (χ4n) is 0.249. The highest BCUT2D eigenvalue weighted by molar-refractivity contribution is 14.2. The van der Waals surface area contributed by atoms with Crippen LogP contribution in [-0.4, -0.2) is 13.0 Å². The molecule has 0 fully saturated rings. The van der Waals surface area contributed by atoms with Crippen molar-refractivity contribution in [3.8, 4) is 11.2 Å². The molecule has 0 bridgehead atoms. The number of allylic oxidation sites excluding steroid dienone is 1. The summed E-state index contributed by atoms with van der Waals surface area (Å²) in [5, 5.41) is 2.58. The van der Waals surface area contributed by atoms with Crippen LogP contribution in [0.25, 0.3) is 0 Å². The van der Waals surface area contributed by atoms with E-state index in [-0.39, 0.29) is 6.61 Å². The maximum absolute atomic E-state index is 11.7. The Labute approximate surface area is 80.2 Å². The summed E-state index contributed by atoms with van der Waals surface area (Å²) in [6, 6.07) is 0. The molecule has 0 aromatic heterocycles. The predicted octanol–water partition coefficient (Wildman–Crippen LogP) is 2.83. The molecule has 0 N–H and O–H groups in total. The maximum atomic E-state index is 11.7. The Hall–Kier alpha value is 0.0400. The molecule has 5 heteroatoms. The van der Waals surface area contributed by atoms with E-state index in [4.69, 9.17) is 0 Å². The molecule has 0 aromatic carbocycles. The van der Waals surface area contributed by atoms with Crippen LogP contribution in [0.2, 0.25) is 0 Å². The SMILES string of the molecule is C=C(OCC#CSI)C(F)F. The van der Waals surface area contributed by atoms with Crippen LogP contribution in [-0.2, 0) is 4.74 Å². The number of hydrogen-bond acceptors (Lipinski definition) is 2. The van der Waals surface area contributed by atoms with Crippen LogP contribution in [0.15, 0.2) is 12.3 Å². The third kappa shape index (κ3) is 6.44. The molecule has 11 heavy (non-hydrogen) atoms. The molecule has 0 aromatic rings. The third-order valence-electron chi connectivity index (χ3n) is 0.684. The summed E-state index contributed by atoms with van der Waals surface area (Å²) in [5.41, 5.74) is 0. The van der Waals surface area contributed by atoms with Crippen LogP contribution in [0.3, 0.4) is 0 Å². The van der Waals surface area contributed by atoms with Crippen molar-refractivity contribution in [3.63, 3.8) is 0 Å². The van der Waals surface area contributed by atoms with Gasteiger partial charge >= 0.3 is 0 Å². The molecule has 0 aliphatic carbocycles. The van der Waals surface area contributed by atoms with Crippen LogP contribution in [0.4, 0.5) is 8.78 Å². The van der Waals surface area contributed by atoms with E-state index in [1.165, 1.54) is 8.93 Å². The molecule has 0 saturated carbocycles. The monoisotopic (exact) mass is 290 g/mol. The lowest BCUT2D eigenvalue weighted by atomic mass is 10.6. The minimum absolute atomic E-state index is 0.0286. The highest BCUT2D eigenvalue weighted by Gasteiger charge is 2.07. The quantitative estimate of drug-likeness (QED) is 0.449. The zero-order valence-corrected chi connectivity index (χ0v) is 8.42. The van der Waals surface area contributed by atoms with E-state index < -0.39 is 12.2 Å². The van der Waals surface area contributed by atoms with Gasteiger partial charge in [0.2, 0.25) is 0 Å². The minimum Gasteiger partial charge on any atom is -0.480 e. The van der Waals surface area contributed by atoms with Crippen LogP contribution < -0.4 is 0 Å². The van der Waals surface area contributed by atoms with Gasteiger partial charge in [0.15, 0.2) is 5.76 Å². The summed E-state index contributed by atoms with van der Waals surface area (Å²) >= 11 is 1.97. The van der Waals surface area contributed by atoms with Crippen molar-refractivity contribution in [2.45, 2.75) is 6.43 Å². The maximum Gasteiger partial charge on any atom is 0.294 e. The molecule has 1 nitrogen and oxygen atoms in total. The van der Waals surface area contributed by atoms with E-state index in [2.05, 4.69) is 22.5 Å². The van der Waals surface area contributed by atoms with E-state index in [0.29, 0.717) is 0 Å². The number of hydrogen-bond donors (Lipinski definition) is 0. The van der Waals surface area contributed by atoms with Gasteiger partial charge in [-0.2, -0.15) is 0 Å². The molecule has 62 valence electrons. The van der Waals surface area contributed by atoms with E-state index >= 15 is 0 Å². The lowest BCUT2D eigenvalue weighted by Gasteiger charge is -2.02. The van der Waals surface area contributed by atoms with Gasteiger partial charge in [-0.15, -0.1) is 0 Å². The van der Waals surface area contributed by atoms with Crippen molar-refractivity contribution in [2.24, 2.45) is 0 Å². The summed E-state index contributed by atoms with van der Waals surface area (Å²) in [6.07, 6.45) is -2.62. The standard InChI is InChI=1S/C6H5F2IOS/c1-5(6(7)8)10-3-2-4-11-9/h6H,1,3H2. The number of alkyl halides is 2. The molecule has 0 rings (SSSR count). The first-order valence-corrected chi connectivity index (χ1v) is 5.89. The van der Waals surface area contributed by atoms with Gasteiger partial charge in [0.1, 0.15) is 6.61 Å². The summed E-state index contributed by atoms with van der Waals surface area (Å²) in [6.45, 7) is 2.97. The zero-order chi connectivity index (χ0) is 8.69. The van der Waals surface area contributed by atoms with Crippen molar-refractivity contribution >= 4 is 30.1 Å². The highest BCUT2D eigenvalue weighted by atomic mass is 127. The van der Waals surface area contributed by atoms with Crippen LogP contribution >= 0.6 is 30.1 Å². The molecule has 0 aliphatic rings. The van der Waals surface area contributed by atoms with Crippen LogP contribution in [0, 0.1) is 11.2 Å². The first kappa shape index (κ1) is 11.0. The fourth-order valence-corrected chi connectivity index (χ4v) is 0.829. The first-order chi connectivity index (χ1) is 5.18. The molecule has 0 amide bonds. The van der Waals surface area contributed by atoms with Crippen molar-refractivity contribution in [1.82, 2.24) is 0 Å². The minimum atomic E-state index is -2.62. The Morgan fingerprint density at radius 2 is 2.36 bits per heavy atom. The topological polar surface area (TPSA) is 9.23 Å². The molecule has 0 atom stereocenters. The molecule has 0 saturated heterocycles. The van der Waals surface area contributed by atoms with Crippen molar-refractivity contribution in [1.29, 1.82) is 0 Å². The van der Waals surface area contributed by atoms with Gasteiger partial charge in [-0.05, 0) is 20.1 Å². The number of rotatable bonds is 3. The molecule has 0 spiro atoms. The lowest BCUT2D eigenvalue weighted by Crippen LogP contribution is -2.00. The fraction of sp³-hybridized carbons (Fsp3) is 0.333. The van der Waals surface area contributed by atoms with E-state index in [9.17, 15) is 8.78 Å². The molecular weight excluding hydrogens is 285 g/mol. The van der Waals surface area contributed by atoms with Gasteiger partial charge in [0.05, 0.1) is 0 Å². The molecule has 0 heterocycles. The molecule has 0 radical (unpaired) electrons. The third-order valence-corrected chi connectivity index (χ3v) is 1.57. The number of ether oxygens (including phenoxy) is 1. The Bertz CT molecular complexity index is 185. The first-order valence-electron chi connectivity index (χ1n) is 2.53. The Balaban J connectivity index is 3.47. The summed E-state index contributed by atoms with van der Waals surface area (Å²) in [5.74, 6) is 1.98. The van der Waals surface area contributed by atoms with Gasteiger partial charge < -0.3 is 4.74 Å². The molecule has 0 aliphatic heterocycles. The molecule has 0 unspecified atom stereocenters. The average Bonchev–Trinajstić information content (AvgIpc) is 1.97. The largest absolute Gasteiger partial charge is 0.480 e. The van der Waals surface area contributed by atoms with Crippen molar-refractivity contribution in [2.75, 3.05) is 6.61 Å². The summed E-state index contributed by atoms with van der Waals surface area (Å²) in [7, 11) is 1.27. The second-order valence-corrected chi connectivity index (χ2v) is 3.09. The molecular formula is C6H5F2IOS. The van der Waals surface area contributed by atoms with Gasteiger partial charge in [-0.1, -0.05) is 6.58 Å². The lowest BCUT2D eigenvalue weighted by molar-refractivity contribution is 0.0966. The van der Waals surface area contributed by atoms with Gasteiger partial charge in [0.25, 0.3) is 6.43 Å². The Morgan fingerprint density at radius 1 is 1.73 bits per heavy atom. The van der Waals surface area contributed by atoms with Crippen LogP contribution in [0.1, 0.15) is 0 Å². The average molecular weight is 290 g/mol. The Kier molecular flexibility index (Phi) is 6.76. The summed E-state index contributed by atoms with van der Waals surface area (Å²) < 4.78 is 27.8. The van der Waals surface area contributed by atoms with E-state index in [1.807, 2.05) is 21.2 Å². The smallest absolute Gasteiger partial charge is 0.294 e. The van der Waals surface area contributed by atoms with Gasteiger partial charge in [-0.25, -0.2) is 8.78 Å². The van der Waals surface area contributed by atoms with Crippen molar-refractivity contribution < 1.29 is 13.5 Å². The van der Waals surface area contributed by atoms with Gasteiger partial charge in [-0.3, -0.25) is 0 Å². The second-order valence-electron chi connectivity index (χ2n) is 1.41. The van der Waals surface area contributed by atoms with Gasteiger partial charge in [0, 0.05) is 21.2 Å². The van der Waals surface area contributed by atoms with E-state index in [0.717, 1.165) is 0 Å². The predicted molar refractivity (Wildman–Crippen MR) is 50.5 cm³/mol. The second kappa shape index (κ2) is 6.73. The summed E-state index contributed by atoms with van der Waals surface area (Å²) in [4.78, 5) is 0. The normalized spacial score (nSPS) is 8.73. The van der Waals surface area contributed by atoms with E-state index in [1.54, 1.807) is 0 Å². The van der Waals surface area contributed by atoms with Crippen molar-refractivity contribution in [3.05, 3.63) is 12.3 Å². The highest BCUT2D eigenvalue weighted by Crippen LogP contribution is 2.08. The zero-order valence-electron chi connectivity index (χ0n) is 5.44.